The minimum absolute atomic E-state index is 0.382. The molecule has 82 valence electrons. The lowest BCUT2D eigenvalue weighted by molar-refractivity contribution is 0.0209. The highest BCUT2D eigenvalue weighted by molar-refractivity contribution is 4.84. The van der Waals surface area contributed by atoms with Crippen molar-refractivity contribution in [2.45, 2.75) is 50.8 Å². The lowest BCUT2D eigenvalue weighted by atomic mass is 10.0. The van der Waals surface area contributed by atoms with Gasteiger partial charge in [0.25, 0.3) is 0 Å². The Labute approximate surface area is 86.6 Å². The minimum atomic E-state index is 0.382. The van der Waals surface area contributed by atoms with Crippen LogP contribution in [0, 0.1) is 0 Å². The molecule has 3 heteroatoms. The van der Waals surface area contributed by atoms with E-state index >= 15 is 0 Å². The smallest absolute Gasteiger partial charge is 0.0728 e. The topological polar surface area (TPSA) is 38.5 Å². The molecule has 0 saturated carbocycles. The Morgan fingerprint density at radius 1 is 1.36 bits per heavy atom. The summed E-state index contributed by atoms with van der Waals surface area (Å²) in [5, 5.41) is 0. The zero-order valence-corrected chi connectivity index (χ0v) is 9.11. The minimum Gasteiger partial charge on any atom is -0.377 e. The predicted molar refractivity (Wildman–Crippen MR) is 57.2 cm³/mol. The van der Waals surface area contributed by atoms with Gasteiger partial charge in [0, 0.05) is 25.2 Å². The molecule has 2 fully saturated rings. The van der Waals surface area contributed by atoms with E-state index in [0.29, 0.717) is 18.2 Å². The normalized spacial score (nSPS) is 37.3. The van der Waals surface area contributed by atoms with E-state index in [0.717, 1.165) is 13.2 Å². The molecule has 0 amide bonds. The van der Waals surface area contributed by atoms with Gasteiger partial charge in [-0.25, -0.2) is 0 Å². The molecule has 0 spiro atoms. The van der Waals surface area contributed by atoms with E-state index in [2.05, 4.69) is 11.8 Å². The second-order valence-corrected chi connectivity index (χ2v) is 4.69. The molecule has 0 aromatic rings. The quantitative estimate of drug-likeness (QED) is 0.719. The summed E-state index contributed by atoms with van der Waals surface area (Å²) in [7, 11) is 0. The van der Waals surface area contributed by atoms with Crippen LogP contribution in [0.5, 0.6) is 0 Å². The van der Waals surface area contributed by atoms with Crippen LogP contribution in [0.25, 0.3) is 0 Å². The molecule has 2 aliphatic rings. The number of nitrogens with two attached hydrogens (primary N) is 1. The van der Waals surface area contributed by atoms with E-state index < -0.39 is 0 Å². The van der Waals surface area contributed by atoms with Crippen LogP contribution in [0.2, 0.25) is 0 Å². The summed E-state index contributed by atoms with van der Waals surface area (Å²) in [6.45, 7) is 5.50. The Hall–Kier alpha value is -0.120. The highest BCUT2D eigenvalue weighted by atomic mass is 16.5. The van der Waals surface area contributed by atoms with Crippen molar-refractivity contribution in [2.24, 2.45) is 5.73 Å². The average Bonchev–Trinajstić information content (AvgIpc) is 2.69. The lowest BCUT2D eigenvalue weighted by Crippen LogP contribution is -2.50. The maximum atomic E-state index is 5.98. The standard InChI is InChI=1S/C11H22N2O/c1-9(11-5-3-7-14-11)13-6-2-4-10(12)8-13/h9-11H,2-8,12H2,1H3. The molecule has 0 aromatic heterocycles. The molecular formula is C11H22N2O. The number of hydrogen-bond donors (Lipinski definition) is 1. The second-order valence-electron chi connectivity index (χ2n) is 4.69. The summed E-state index contributed by atoms with van der Waals surface area (Å²) < 4.78 is 5.72. The van der Waals surface area contributed by atoms with Gasteiger partial charge < -0.3 is 10.5 Å². The second kappa shape index (κ2) is 4.60. The van der Waals surface area contributed by atoms with Gasteiger partial charge >= 0.3 is 0 Å². The van der Waals surface area contributed by atoms with Gasteiger partial charge in [-0.2, -0.15) is 0 Å². The number of likely N-dealkylation sites (tertiary alicyclic amines) is 1. The number of piperidine rings is 1. The van der Waals surface area contributed by atoms with Gasteiger partial charge in [0.1, 0.15) is 0 Å². The zero-order valence-electron chi connectivity index (χ0n) is 9.11. The first-order chi connectivity index (χ1) is 6.77. The lowest BCUT2D eigenvalue weighted by Gasteiger charge is -2.37. The summed E-state index contributed by atoms with van der Waals surface area (Å²) in [5.74, 6) is 0. The first-order valence-electron chi connectivity index (χ1n) is 5.88. The molecule has 0 aromatic carbocycles. The summed E-state index contributed by atoms with van der Waals surface area (Å²) in [5.41, 5.74) is 5.98. The Bertz CT molecular complexity index is 180. The molecule has 2 N–H and O–H groups in total. The van der Waals surface area contributed by atoms with E-state index in [1.807, 2.05) is 0 Å². The van der Waals surface area contributed by atoms with E-state index in [-0.39, 0.29) is 0 Å². The van der Waals surface area contributed by atoms with Crippen LogP contribution < -0.4 is 5.73 Å². The molecule has 2 rings (SSSR count). The number of rotatable bonds is 2. The fourth-order valence-corrected chi connectivity index (χ4v) is 2.63. The molecule has 2 aliphatic heterocycles. The Kier molecular flexibility index (Phi) is 3.42. The third-order valence-electron chi connectivity index (χ3n) is 3.57. The van der Waals surface area contributed by atoms with Crippen molar-refractivity contribution in [3.63, 3.8) is 0 Å². The van der Waals surface area contributed by atoms with Crippen LogP contribution >= 0.6 is 0 Å². The molecule has 3 unspecified atom stereocenters. The summed E-state index contributed by atoms with van der Waals surface area (Å²) >= 11 is 0. The Morgan fingerprint density at radius 3 is 2.86 bits per heavy atom. The van der Waals surface area contributed by atoms with Crippen molar-refractivity contribution in [1.82, 2.24) is 4.90 Å². The summed E-state index contributed by atoms with van der Waals surface area (Å²) in [4.78, 5) is 2.50. The van der Waals surface area contributed by atoms with Crippen LogP contribution in [0.1, 0.15) is 32.6 Å². The van der Waals surface area contributed by atoms with E-state index in [9.17, 15) is 0 Å². The highest BCUT2D eigenvalue weighted by Crippen LogP contribution is 2.21. The van der Waals surface area contributed by atoms with E-state index in [4.69, 9.17) is 10.5 Å². The Balaban J connectivity index is 1.86. The maximum Gasteiger partial charge on any atom is 0.0728 e. The van der Waals surface area contributed by atoms with Crippen molar-refractivity contribution in [1.29, 1.82) is 0 Å². The number of hydrogen-bond acceptors (Lipinski definition) is 3. The van der Waals surface area contributed by atoms with Gasteiger partial charge in [0.2, 0.25) is 0 Å². The van der Waals surface area contributed by atoms with E-state index in [1.54, 1.807) is 0 Å². The predicted octanol–water partition coefficient (Wildman–Crippen LogP) is 0.977. The molecule has 3 nitrogen and oxygen atoms in total. The van der Waals surface area contributed by atoms with Gasteiger partial charge in [-0.15, -0.1) is 0 Å². The first-order valence-corrected chi connectivity index (χ1v) is 5.88. The van der Waals surface area contributed by atoms with Crippen LogP contribution in [0.3, 0.4) is 0 Å². The summed E-state index contributed by atoms with van der Waals surface area (Å²) in [6.07, 6.45) is 5.36. The van der Waals surface area contributed by atoms with Crippen LogP contribution in [0.15, 0.2) is 0 Å². The van der Waals surface area contributed by atoms with E-state index in [1.165, 1.54) is 32.2 Å². The van der Waals surface area contributed by atoms with Gasteiger partial charge in [-0.1, -0.05) is 0 Å². The third kappa shape index (κ3) is 2.27. The Morgan fingerprint density at radius 2 is 2.21 bits per heavy atom. The third-order valence-corrected chi connectivity index (χ3v) is 3.57. The maximum absolute atomic E-state index is 5.98. The van der Waals surface area contributed by atoms with Crippen LogP contribution in [0.4, 0.5) is 0 Å². The monoisotopic (exact) mass is 198 g/mol. The van der Waals surface area contributed by atoms with Crippen molar-refractivity contribution in [2.75, 3.05) is 19.7 Å². The van der Waals surface area contributed by atoms with Gasteiger partial charge in [-0.3, -0.25) is 4.90 Å². The van der Waals surface area contributed by atoms with Crippen molar-refractivity contribution in [3.8, 4) is 0 Å². The molecule has 2 saturated heterocycles. The molecule has 14 heavy (non-hydrogen) atoms. The van der Waals surface area contributed by atoms with Crippen molar-refractivity contribution >= 4 is 0 Å². The molecule has 3 atom stereocenters. The van der Waals surface area contributed by atoms with Gasteiger partial charge in [0.15, 0.2) is 0 Å². The van der Waals surface area contributed by atoms with Gasteiger partial charge in [0.05, 0.1) is 6.10 Å². The number of ether oxygens (including phenoxy) is 1. The SMILES string of the molecule is CC(C1CCCO1)N1CCCC(N)C1. The van der Waals surface area contributed by atoms with Crippen LogP contribution in [-0.4, -0.2) is 42.8 Å². The first kappa shape index (κ1) is 10.4. The molecule has 0 radical (unpaired) electrons. The van der Waals surface area contributed by atoms with Crippen molar-refractivity contribution < 1.29 is 4.74 Å². The molecular weight excluding hydrogens is 176 g/mol. The molecule has 2 heterocycles. The zero-order chi connectivity index (χ0) is 9.97. The fourth-order valence-electron chi connectivity index (χ4n) is 2.63. The van der Waals surface area contributed by atoms with Gasteiger partial charge in [-0.05, 0) is 39.2 Å². The molecule has 0 aliphatic carbocycles. The average molecular weight is 198 g/mol. The molecule has 0 bridgehead atoms. The largest absolute Gasteiger partial charge is 0.377 e. The number of nitrogens with zero attached hydrogens (tertiary/aromatic N) is 1. The van der Waals surface area contributed by atoms with Crippen LogP contribution in [-0.2, 0) is 4.74 Å². The highest BCUT2D eigenvalue weighted by Gasteiger charge is 2.29. The summed E-state index contributed by atoms with van der Waals surface area (Å²) in [6, 6.07) is 0.941. The fraction of sp³-hybridized carbons (Fsp3) is 1.00. The van der Waals surface area contributed by atoms with Crippen molar-refractivity contribution in [3.05, 3.63) is 0 Å².